The standard InChI is InChI=1S/C10H25N3/c1-5-7-13(8-6-11-2)10-9-12(3)4/h11H,5-10H2,1-4H3. The Morgan fingerprint density at radius 2 is 1.69 bits per heavy atom. The molecule has 0 saturated carbocycles. The van der Waals surface area contributed by atoms with Gasteiger partial charge in [0.25, 0.3) is 0 Å². The number of nitrogens with zero attached hydrogens (tertiary/aromatic N) is 2. The number of nitrogens with one attached hydrogen (secondary N) is 1. The van der Waals surface area contributed by atoms with Crippen molar-refractivity contribution in [3.63, 3.8) is 0 Å². The Balaban J connectivity index is 3.53. The van der Waals surface area contributed by atoms with E-state index in [1.165, 1.54) is 19.5 Å². The van der Waals surface area contributed by atoms with Gasteiger partial charge in [-0.15, -0.1) is 0 Å². The van der Waals surface area contributed by atoms with E-state index in [0.29, 0.717) is 0 Å². The molecule has 0 aliphatic rings. The molecule has 0 bridgehead atoms. The number of likely N-dealkylation sites (N-methyl/N-ethyl adjacent to an activating group) is 2. The largest absolute Gasteiger partial charge is 0.318 e. The van der Waals surface area contributed by atoms with E-state index >= 15 is 0 Å². The van der Waals surface area contributed by atoms with Crippen LogP contribution in [-0.4, -0.2) is 63.7 Å². The van der Waals surface area contributed by atoms with Gasteiger partial charge in [0.05, 0.1) is 0 Å². The molecule has 0 atom stereocenters. The Kier molecular flexibility index (Phi) is 8.40. The average Bonchev–Trinajstić information content (AvgIpc) is 2.09. The van der Waals surface area contributed by atoms with Crippen LogP contribution in [0.5, 0.6) is 0 Å². The topological polar surface area (TPSA) is 18.5 Å². The zero-order valence-electron chi connectivity index (χ0n) is 9.64. The van der Waals surface area contributed by atoms with Gasteiger partial charge in [-0.2, -0.15) is 0 Å². The van der Waals surface area contributed by atoms with Crippen molar-refractivity contribution in [1.29, 1.82) is 0 Å². The summed E-state index contributed by atoms with van der Waals surface area (Å²) in [7, 11) is 6.26. The zero-order chi connectivity index (χ0) is 10.1. The zero-order valence-corrected chi connectivity index (χ0v) is 9.64. The summed E-state index contributed by atoms with van der Waals surface area (Å²) in [5, 5.41) is 3.19. The van der Waals surface area contributed by atoms with E-state index < -0.39 is 0 Å². The molecule has 0 aliphatic carbocycles. The van der Waals surface area contributed by atoms with Crippen LogP contribution in [0.15, 0.2) is 0 Å². The second kappa shape index (κ2) is 8.48. The summed E-state index contributed by atoms with van der Waals surface area (Å²) in [5.41, 5.74) is 0. The van der Waals surface area contributed by atoms with Crippen LogP contribution in [0.4, 0.5) is 0 Å². The van der Waals surface area contributed by atoms with Gasteiger partial charge in [0.15, 0.2) is 0 Å². The van der Waals surface area contributed by atoms with Crippen LogP contribution in [0.2, 0.25) is 0 Å². The van der Waals surface area contributed by atoms with Crippen LogP contribution in [0, 0.1) is 0 Å². The first kappa shape index (κ1) is 12.9. The summed E-state index contributed by atoms with van der Waals surface area (Å²) in [6.07, 6.45) is 1.25. The predicted octanol–water partition coefficient (Wildman–Crippen LogP) is 0.479. The third-order valence-corrected chi connectivity index (χ3v) is 2.08. The van der Waals surface area contributed by atoms with Crippen molar-refractivity contribution in [3.05, 3.63) is 0 Å². The first-order valence-electron chi connectivity index (χ1n) is 5.22. The van der Waals surface area contributed by atoms with Crippen LogP contribution < -0.4 is 5.32 Å². The number of hydrogen-bond acceptors (Lipinski definition) is 3. The van der Waals surface area contributed by atoms with Gasteiger partial charge in [-0.25, -0.2) is 0 Å². The highest BCUT2D eigenvalue weighted by molar-refractivity contribution is 4.59. The molecule has 0 saturated heterocycles. The van der Waals surface area contributed by atoms with Crippen molar-refractivity contribution in [2.45, 2.75) is 13.3 Å². The van der Waals surface area contributed by atoms with E-state index in [2.05, 4.69) is 36.1 Å². The van der Waals surface area contributed by atoms with Gasteiger partial charge in [-0.1, -0.05) is 6.92 Å². The lowest BCUT2D eigenvalue weighted by molar-refractivity contribution is 0.242. The molecule has 0 aliphatic heterocycles. The highest BCUT2D eigenvalue weighted by atomic mass is 15.2. The van der Waals surface area contributed by atoms with E-state index in [4.69, 9.17) is 0 Å². The summed E-state index contributed by atoms with van der Waals surface area (Å²) in [6.45, 7) is 8.05. The van der Waals surface area contributed by atoms with Crippen molar-refractivity contribution >= 4 is 0 Å². The van der Waals surface area contributed by atoms with Crippen LogP contribution in [0.3, 0.4) is 0 Å². The third-order valence-electron chi connectivity index (χ3n) is 2.08. The van der Waals surface area contributed by atoms with Crippen LogP contribution in [0.25, 0.3) is 0 Å². The van der Waals surface area contributed by atoms with E-state index in [1.54, 1.807) is 0 Å². The molecule has 0 radical (unpaired) electrons. The molecule has 0 aromatic carbocycles. The van der Waals surface area contributed by atoms with E-state index in [0.717, 1.165) is 19.6 Å². The molecule has 0 spiro atoms. The molecule has 0 heterocycles. The molecular formula is C10H25N3. The lowest BCUT2D eigenvalue weighted by Crippen LogP contribution is -2.36. The highest BCUT2D eigenvalue weighted by Gasteiger charge is 2.02. The third kappa shape index (κ3) is 8.22. The quantitative estimate of drug-likeness (QED) is 0.596. The lowest BCUT2D eigenvalue weighted by Gasteiger charge is -2.23. The molecule has 0 unspecified atom stereocenters. The molecule has 0 amide bonds. The van der Waals surface area contributed by atoms with Crippen LogP contribution >= 0.6 is 0 Å². The number of rotatable bonds is 8. The second-order valence-electron chi connectivity index (χ2n) is 3.75. The van der Waals surface area contributed by atoms with E-state index in [-0.39, 0.29) is 0 Å². The maximum Gasteiger partial charge on any atom is 0.0110 e. The summed E-state index contributed by atoms with van der Waals surface area (Å²) in [4.78, 5) is 4.75. The fourth-order valence-corrected chi connectivity index (χ4v) is 1.26. The van der Waals surface area contributed by atoms with Crippen molar-refractivity contribution in [1.82, 2.24) is 15.1 Å². The maximum absolute atomic E-state index is 3.19. The minimum absolute atomic E-state index is 1.09. The van der Waals surface area contributed by atoms with Gasteiger partial charge < -0.3 is 15.1 Å². The van der Waals surface area contributed by atoms with Crippen molar-refractivity contribution in [2.24, 2.45) is 0 Å². The summed E-state index contributed by atoms with van der Waals surface area (Å²) >= 11 is 0. The smallest absolute Gasteiger partial charge is 0.0110 e. The van der Waals surface area contributed by atoms with Gasteiger partial charge in [-0.05, 0) is 34.1 Å². The van der Waals surface area contributed by atoms with Gasteiger partial charge in [0.1, 0.15) is 0 Å². The molecular weight excluding hydrogens is 162 g/mol. The molecule has 0 fully saturated rings. The highest BCUT2D eigenvalue weighted by Crippen LogP contribution is 1.90. The Morgan fingerprint density at radius 3 is 2.15 bits per heavy atom. The Labute approximate surface area is 83.1 Å². The average molecular weight is 187 g/mol. The van der Waals surface area contributed by atoms with Crippen LogP contribution in [0.1, 0.15) is 13.3 Å². The number of hydrogen-bond donors (Lipinski definition) is 1. The van der Waals surface area contributed by atoms with Gasteiger partial charge in [0.2, 0.25) is 0 Å². The van der Waals surface area contributed by atoms with E-state index in [9.17, 15) is 0 Å². The first-order valence-corrected chi connectivity index (χ1v) is 5.22. The summed E-state index contributed by atoms with van der Waals surface area (Å²) in [5.74, 6) is 0. The van der Waals surface area contributed by atoms with Gasteiger partial charge in [0, 0.05) is 26.2 Å². The Bertz CT molecular complexity index is 104. The summed E-state index contributed by atoms with van der Waals surface area (Å²) < 4.78 is 0. The molecule has 13 heavy (non-hydrogen) atoms. The lowest BCUT2D eigenvalue weighted by atomic mass is 10.4. The molecule has 80 valence electrons. The molecule has 3 nitrogen and oxygen atoms in total. The molecule has 0 aromatic heterocycles. The Morgan fingerprint density at radius 1 is 1.00 bits per heavy atom. The normalized spacial score (nSPS) is 11.5. The van der Waals surface area contributed by atoms with Crippen molar-refractivity contribution < 1.29 is 0 Å². The second-order valence-corrected chi connectivity index (χ2v) is 3.75. The Hall–Kier alpha value is -0.120. The fourth-order valence-electron chi connectivity index (χ4n) is 1.26. The predicted molar refractivity (Wildman–Crippen MR) is 59.2 cm³/mol. The minimum Gasteiger partial charge on any atom is -0.318 e. The van der Waals surface area contributed by atoms with Gasteiger partial charge >= 0.3 is 0 Å². The van der Waals surface area contributed by atoms with Crippen molar-refractivity contribution in [2.75, 3.05) is 53.9 Å². The SMILES string of the molecule is CCCN(CCNC)CCN(C)C. The minimum atomic E-state index is 1.09. The summed E-state index contributed by atoms with van der Waals surface area (Å²) in [6, 6.07) is 0. The monoisotopic (exact) mass is 187 g/mol. The maximum atomic E-state index is 3.19. The van der Waals surface area contributed by atoms with E-state index in [1.807, 2.05) is 7.05 Å². The first-order chi connectivity index (χ1) is 6.20. The fraction of sp³-hybridized carbons (Fsp3) is 1.00. The molecule has 1 N–H and O–H groups in total. The van der Waals surface area contributed by atoms with Crippen LogP contribution in [-0.2, 0) is 0 Å². The molecule has 0 aromatic rings. The van der Waals surface area contributed by atoms with Gasteiger partial charge in [-0.3, -0.25) is 0 Å². The van der Waals surface area contributed by atoms with Crippen molar-refractivity contribution in [3.8, 4) is 0 Å². The molecule has 3 heteroatoms. The molecule has 0 rings (SSSR count).